The molecule has 1 heterocycles. The minimum absolute atomic E-state index is 0.0533. The largest absolute Gasteiger partial charge is 0.456 e. The Balaban J connectivity index is 1.30. The fraction of sp³-hybridized carbons (Fsp3) is 0.0196. The molecule has 0 radical (unpaired) electrons. The van der Waals surface area contributed by atoms with E-state index < -0.39 is 35.6 Å². The number of rotatable bonds is 5. The fourth-order valence-electron chi connectivity index (χ4n) is 8.60. The van der Waals surface area contributed by atoms with Crippen LogP contribution in [0, 0.1) is 0 Å². The number of nitrogens with zero attached hydrogens (tertiary/aromatic N) is 1. The van der Waals surface area contributed by atoms with Gasteiger partial charge in [0.05, 0.1) is 20.7 Å². The Bertz CT molecular complexity index is 3420. The van der Waals surface area contributed by atoms with Crippen LogP contribution < -0.4 is 4.90 Å². The minimum Gasteiger partial charge on any atom is -0.456 e. The van der Waals surface area contributed by atoms with E-state index in [1.165, 1.54) is 0 Å². The molecule has 0 amide bonds. The van der Waals surface area contributed by atoms with Crippen LogP contribution in [-0.2, 0) is 5.41 Å². The number of benzene rings is 9. The van der Waals surface area contributed by atoms with E-state index in [0.29, 0.717) is 5.58 Å². The molecule has 1 aliphatic rings. The average Bonchev–Trinajstić information content (AvgIpc) is 3.80. The standard InChI is InChI=1S/C51H33NO/c1-2-18-37(19-3-1)52(48-26-13-17-35-15-5-7-21-40(35)48)38-29-30-47-43(33-38)41-22-8-10-24-46(41)51(47,45-25-12-16-34-14-4-6-20-39(34)45)36-28-31-50-44(32-36)42-23-9-11-27-49(42)53-50/h1-33H/i4D,6D,12D,14D,16D,20D,25D. The number of anilines is 3. The molecule has 2 nitrogen and oxygen atoms in total. The fourth-order valence-corrected chi connectivity index (χ4v) is 8.60. The second-order valence-electron chi connectivity index (χ2n) is 13.5. The van der Waals surface area contributed by atoms with E-state index in [0.717, 1.165) is 72.0 Å². The molecule has 248 valence electrons. The van der Waals surface area contributed by atoms with Crippen molar-refractivity contribution in [3.8, 4) is 11.1 Å². The van der Waals surface area contributed by atoms with Crippen molar-refractivity contribution in [2.75, 3.05) is 4.90 Å². The summed E-state index contributed by atoms with van der Waals surface area (Å²) in [6.45, 7) is 0. The zero-order valence-corrected chi connectivity index (χ0v) is 28.4. The third kappa shape index (κ3) is 4.33. The highest BCUT2D eigenvalue weighted by molar-refractivity contribution is 6.06. The summed E-state index contributed by atoms with van der Waals surface area (Å²) >= 11 is 0. The predicted molar refractivity (Wildman–Crippen MR) is 221 cm³/mol. The van der Waals surface area contributed by atoms with E-state index >= 15 is 0 Å². The maximum absolute atomic E-state index is 9.82. The van der Waals surface area contributed by atoms with Crippen molar-refractivity contribution in [3.05, 3.63) is 222 Å². The number of hydrogen-bond acceptors (Lipinski definition) is 2. The molecular formula is C51H33NO. The SMILES string of the molecule is [2H]c1c([2H])c([2H])c2c(C3(c4ccc5oc6ccccc6c5c4)c4ccccc4-c4cc(N(c5ccccc5)c5cccc6ccccc56)ccc43)c([2H])c([2H])c([2H])c2c1[2H]. The minimum atomic E-state index is -1.38. The molecule has 9 aromatic carbocycles. The normalized spacial score (nSPS) is 16.7. The molecule has 0 spiro atoms. The summed E-state index contributed by atoms with van der Waals surface area (Å²) in [4.78, 5) is 2.24. The third-order valence-electron chi connectivity index (χ3n) is 10.8. The predicted octanol–water partition coefficient (Wildman–Crippen LogP) is 13.7. The molecule has 0 saturated heterocycles. The van der Waals surface area contributed by atoms with Gasteiger partial charge >= 0.3 is 0 Å². The van der Waals surface area contributed by atoms with E-state index in [1.54, 1.807) is 0 Å². The van der Waals surface area contributed by atoms with Gasteiger partial charge in [0.25, 0.3) is 0 Å². The Kier molecular flexibility index (Phi) is 5.14. The Morgan fingerprint density at radius 1 is 0.434 bits per heavy atom. The molecular weight excluding hydrogens is 643 g/mol. The number of furan rings is 1. The first-order valence-electron chi connectivity index (χ1n) is 21.2. The van der Waals surface area contributed by atoms with E-state index in [4.69, 9.17) is 9.90 Å². The summed E-state index contributed by atoms with van der Waals surface area (Å²) in [5.41, 5.74) is 7.14. The van der Waals surface area contributed by atoms with Crippen LogP contribution in [0.3, 0.4) is 0 Å². The second-order valence-corrected chi connectivity index (χ2v) is 13.5. The average molecular weight is 683 g/mol. The van der Waals surface area contributed by atoms with Crippen LogP contribution in [0.25, 0.3) is 54.6 Å². The Morgan fingerprint density at radius 3 is 2.11 bits per heavy atom. The molecule has 1 aromatic heterocycles. The van der Waals surface area contributed by atoms with Crippen molar-refractivity contribution in [1.82, 2.24) is 0 Å². The van der Waals surface area contributed by atoms with Gasteiger partial charge in [0.15, 0.2) is 0 Å². The van der Waals surface area contributed by atoms with Crippen molar-refractivity contribution in [3.63, 3.8) is 0 Å². The zero-order valence-electron chi connectivity index (χ0n) is 35.4. The molecule has 10 aromatic rings. The van der Waals surface area contributed by atoms with Crippen LogP contribution in [0.2, 0.25) is 0 Å². The van der Waals surface area contributed by atoms with Gasteiger partial charge in [-0.3, -0.25) is 0 Å². The Morgan fingerprint density at radius 2 is 1.17 bits per heavy atom. The van der Waals surface area contributed by atoms with Crippen LogP contribution in [0.1, 0.15) is 31.8 Å². The molecule has 0 N–H and O–H groups in total. The van der Waals surface area contributed by atoms with Gasteiger partial charge in [0.1, 0.15) is 11.2 Å². The molecule has 0 bridgehead atoms. The second kappa shape index (κ2) is 11.6. The van der Waals surface area contributed by atoms with Gasteiger partial charge in [0.2, 0.25) is 0 Å². The highest BCUT2D eigenvalue weighted by Crippen LogP contribution is 2.58. The molecule has 1 unspecified atom stereocenters. The lowest BCUT2D eigenvalue weighted by atomic mass is 9.66. The third-order valence-corrected chi connectivity index (χ3v) is 10.8. The van der Waals surface area contributed by atoms with Gasteiger partial charge in [-0.15, -0.1) is 0 Å². The number of hydrogen-bond donors (Lipinski definition) is 0. The number of fused-ring (bicyclic) bond motifs is 8. The zero-order chi connectivity index (χ0) is 41.0. The lowest BCUT2D eigenvalue weighted by Crippen LogP contribution is -2.29. The van der Waals surface area contributed by atoms with Gasteiger partial charge < -0.3 is 9.32 Å². The van der Waals surface area contributed by atoms with Crippen molar-refractivity contribution in [1.29, 1.82) is 0 Å². The van der Waals surface area contributed by atoms with E-state index in [9.17, 15) is 4.11 Å². The molecule has 1 atom stereocenters. The van der Waals surface area contributed by atoms with Crippen LogP contribution in [0.5, 0.6) is 0 Å². The Labute approximate surface area is 317 Å². The topological polar surface area (TPSA) is 16.4 Å². The maximum Gasteiger partial charge on any atom is 0.135 e. The molecule has 2 heteroatoms. The Hall–Kier alpha value is -6.90. The van der Waals surface area contributed by atoms with Gasteiger partial charge in [-0.1, -0.05) is 151 Å². The summed E-state index contributed by atoms with van der Waals surface area (Å²) in [6, 6.07) is 50.0. The quantitative estimate of drug-likeness (QED) is 0.180. The summed E-state index contributed by atoms with van der Waals surface area (Å²) in [6.07, 6.45) is 0. The summed E-state index contributed by atoms with van der Waals surface area (Å²) in [5.74, 6) is 0. The van der Waals surface area contributed by atoms with Crippen molar-refractivity contribution < 1.29 is 14.0 Å². The molecule has 1 aliphatic carbocycles. The highest BCUT2D eigenvalue weighted by Gasteiger charge is 2.47. The molecule has 0 aliphatic heterocycles. The molecule has 0 fully saturated rings. The summed E-state index contributed by atoms with van der Waals surface area (Å²) in [5, 5.41) is 3.90. The lowest BCUT2D eigenvalue weighted by Gasteiger charge is -2.35. The van der Waals surface area contributed by atoms with Crippen LogP contribution in [0.4, 0.5) is 17.1 Å². The van der Waals surface area contributed by atoms with E-state index in [-0.39, 0.29) is 28.4 Å². The van der Waals surface area contributed by atoms with Crippen molar-refractivity contribution >= 4 is 60.5 Å². The van der Waals surface area contributed by atoms with Gasteiger partial charge in [0, 0.05) is 27.5 Å². The van der Waals surface area contributed by atoms with Crippen LogP contribution in [0.15, 0.2) is 204 Å². The van der Waals surface area contributed by atoms with Crippen LogP contribution in [-0.4, -0.2) is 0 Å². The summed E-state index contributed by atoms with van der Waals surface area (Å²) < 4.78 is 70.4. The lowest BCUT2D eigenvalue weighted by molar-refractivity contribution is 0.668. The van der Waals surface area contributed by atoms with Crippen molar-refractivity contribution in [2.45, 2.75) is 5.41 Å². The first kappa shape index (κ1) is 23.6. The molecule has 53 heavy (non-hydrogen) atoms. The molecule has 11 rings (SSSR count). The highest BCUT2D eigenvalue weighted by atomic mass is 16.3. The first-order valence-corrected chi connectivity index (χ1v) is 17.7. The van der Waals surface area contributed by atoms with E-state index in [1.807, 2.05) is 84.9 Å². The smallest absolute Gasteiger partial charge is 0.135 e. The maximum atomic E-state index is 9.82. The van der Waals surface area contributed by atoms with Crippen molar-refractivity contribution in [2.24, 2.45) is 0 Å². The van der Waals surface area contributed by atoms with Gasteiger partial charge in [-0.25, -0.2) is 0 Å². The van der Waals surface area contributed by atoms with Gasteiger partial charge in [-0.2, -0.15) is 0 Å². The van der Waals surface area contributed by atoms with E-state index in [2.05, 4.69) is 77.7 Å². The van der Waals surface area contributed by atoms with Crippen LogP contribution >= 0.6 is 0 Å². The van der Waals surface area contributed by atoms with Gasteiger partial charge in [-0.05, 0) is 98.1 Å². The summed E-state index contributed by atoms with van der Waals surface area (Å²) in [7, 11) is 0. The molecule has 0 saturated carbocycles. The monoisotopic (exact) mass is 682 g/mol. The first-order chi connectivity index (χ1) is 29.2. The number of para-hydroxylation sites is 2.